The predicted octanol–water partition coefficient (Wildman–Crippen LogP) is 0.996. The molecule has 0 spiro atoms. The Labute approximate surface area is 43.7 Å². The standard InChI is InChI=1S/C4H9ClN/c1-6-4-2-3-5/h6H,1-4H2. The summed E-state index contributed by atoms with van der Waals surface area (Å²) >= 11 is 5.31. The molecule has 0 unspecified atom stereocenters. The van der Waals surface area contributed by atoms with Crippen LogP contribution in [0, 0.1) is 7.05 Å². The van der Waals surface area contributed by atoms with E-state index in [1.165, 1.54) is 0 Å². The number of rotatable bonds is 3. The van der Waals surface area contributed by atoms with Crippen LogP contribution in [-0.4, -0.2) is 12.4 Å². The monoisotopic (exact) mass is 106 g/mol. The van der Waals surface area contributed by atoms with Crippen LogP contribution >= 0.6 is 11.6 Å². The van der Waals surface area contributed by atoms with E-state index in [1.54, 1.807) is 0 Å². The van der Waals surface area contributed by atoms with Crippen LogP contribution in [0.2, 0.25) is 0 Å². The molecule has 37 valence electrons. The third-order valence-electron chi connectivity index (χ3n) is 0.487. The summed E-state index contributed by atoms with van der Waals surface area (Å²) in [5.41, 5.74) is 0. The van der Waals surface area contributed by atoms with E-state index in [0.29, 0.717) is 0 Å². The molecule has 0 bridgehead atoms. The summed E-state index contributed by atoms with van der Waals surface area (Å²) in [7, 11) is 3.41. The molecule has 0 aliphatic rings. The molecule has 0 fully saturated rings. The summed E-state index contributed by atoms with van der Waals surface area (Å²) in [5.74, 6) is 0.725. The molecule has 0 aromatic carbocycles. The van der Waals surface area contributed by atoms with Crippen LogP contribution < -0.4 is 5.32 Å². The summed E-state index contributed by atoms with van der Waals surface area (Å²) < 4.78 is 0. The zero-order valence-corrected chi connectivity index (χ0v) is 4.46. The number of hydrogen-bond donors (Lipinski definition) is 1. The van der Waals surface area contributed by atoms with Gasteiger partial charge in [0, 0.05) is 12.9 Å². The fourth-order valence-electron chi connectivity index (χ4n) is 0.192. The fourth-order valence-corrected chi connectivity index (χ4v) is 0.325. The van der Waals surface area contributed by atoms with E-state index in [0.717, 1.165) is 18.8 Å². The van der Waals surface area contributed by atoms with Gasteiger partial charge in [-0.2, -0.15) is 0 Å². The molecule has 0 atom stereocenters. The molecule has 2 heteroatoms. The summed E-state index contributed by atoms with van der Waals surface area (Å²) in [6.45, 7) is 0.920. The topological polar surface area (TPSA) is 12.0 Å². The van der Waals surface area contributed by atoms with E-state index < -0.39 is 0 Å². The zero-order valence-electron chi connectivity index (χ0n) is 3.71. The van der Waals surface area contributed by atoms with Gasteiger partial charge in [0.15, 0.2) is 0 Å². The highest BCUT2D eigenvalue weighted by Crippen LogP contribution is 1.78. The maximum atomic E-state index is 5.31. The van der Waals surface area contributed by atoms with Crippen molar-refractivity contribution in [3.63, 3.8) is 0 Å². The number of hydrogen-bond acceptors (Lipinski definition) is 1. The number of nitrogens with one attached hydrogen (secondary N) is 1. The Hall–Kier alpha value is 0.250. The van der Waals surface area contributed by atoms with Crippen molar-refractivity contribution in [3.05, 3.63) is 7.05 Å². The van der Waals surface area contributed by atoms with E-state index >= 15 is 0 Å². The molecule has 0 saturated heterocycles. The Balaban J connectivity index is 2.34. The largest absolute Gasteiger partial charge is 0.315 e. The minimum atomic E-state index is 0.725. The third-order valence-corrected chi connectivity index (χ3v) is 0.754. The lowest BCUT2D eigenvalue weighted by Gasteiger charge is -1.88. The maximum absolute atomic E-state index is 5.31. The molecular formula is C4H9ClN. The lowest BCUT2D eigenvalue weighted by atomic mass is 10.5. The van der Waals surface area contributed by atoms with E-state index in [9.17, 15) is 0 Å². The lowest BCUT2D eigenvalue weighted by molar-refractivity contribution is 0.811. The van der Waals surface area contributed by atoms with Crippen LogP contribution in [0.15, 0.2) is 0 Å². The van der Waals surface area contributed by atoms with Gasteiger partial charge in [-0.15, -0.1) is 11.6 Å². The predicted molar refractivity (Wildman–Crippen MR) is 28.7 cm³/mol. The van der Waals surface area contributed by atoms with E-state index in [-0.39, 0.29) is 0 Å². The first-order valence-electron chi connectivity index (χ1n) is 1.97. The molecule has 0 heterocycles. The summed E-state index contributed by atoms with van der Waals surface area (Å²) in [4.78, 5) is 0. The van der Waals surface area contributed by atoms with E-state index in [1.807, 2.05) is 0 Å². The smallest absolute Gasteiger partial charge is 0.0235 e. The first kappa shape index (κ1) is 6.25. The summed E-state index contributed by atoms with van der Waals surface area (Å²) in [6.07, 6.45) is 1.01. The molecule has 6 heavy (non-hydrogen) atoms. The van der Waals surface area contributed by atoms with Crippen LogP contribution in [0.4, 0.5) is 0 Å². The molecule has 0 aliphatic heterocycles. The van der Waals surface area contributed by atoms with Crippen molar-refractivity contribution in [1.82, 2.24) is 5.32 Å². The Bertz CT molecular complexity index is 19.5. The molecule has 0 aromatic rings. The molecule has 0 aliphatic carbocycles. The van der Waals surface area contributed by atoms with Crippen molar-refractivity contribution in [2.75, 3.05) is 12.4 Å². The normalized spacial score (nSPS) is 9.00. The van der Waals surface area contributed by atoms with Crippen molar-refractivity contribution >= 4 is 11.6 Å². The SMILES string of the molecule is [CH2]NCCCCl. The average Bonchev–Trinajstić information content (AvgIpc) is 1.61. The molecule has 0 rings (SSSR count). The van der Waals surface area contributed by atoms with Crippen molar-refractivity contribution in [2.24, 2.45) is 0 Å². The van der Waals surface area contributed by atoms with Crippen molar-refractivity contribution < 1.29 is 0 Å². The average molecular weight is 107 g/mol. The van der Waals surface area contributed by atoms with Gasteiger partial charge in [0.1, 0.15) is 0 Å². The fraction of sp³-hybridized carbons (Fsp3) is 0.750. The second-order valence-electron chi connectivity index (χ2n) is 1.04. The van der Waals surface area contributed by atoms with E-state index in [2.05, 4.69) is 12.4 Å². The molecule has 1 N–H and O–H groups in total. The number of alkyl halides is 1. The molecular weight excluding hydrogens is 97.5 g/mol. The van der Waals surface area contributed by atoms with Gasteiger partial charge in [-0.25, -0.2) is 0 Å². The Morgan fingerprint density at radius 1 is 1.67 bits per heavy atom. The first-order chi connectivity index (χ1) is 2.91. The van der Waals surface area contributed by atoms with Crippen LogP contribution in [0.3, 0.4) is 0 Å². The quantitative estimate of drug-likeness (QED) is 0.418. The second-order valence-corrected chi connectivity index (χ2v) is 1.42. The lowest BCUT2D eigenvalue weighted by Crippen LogP contribution is -2.04. The maximum Gasteiger partial charge on any atom is 0.0235 e. The van der Waals surface area contributed by atoms with Gasteiger partial charge in [0.05, 0.1) is 0 Å². The molecule has 0 amide bonds. The van der Waals surface area contributed by atoms with E-state index in [4.69, 9.17) is 11.6 Å². The van der Waals surface area contributed by atoms with Gasteiger partial charge in [0.2, 0.25) is 0 Å². The third kappa shape index (κ3) is 4.25. The zero-order chi connectivity index (χ0) is 4.83. The van der Waals surface area contributed by atoms with Gasteiger partial charge < -0.3 is 5.32 Å². The van der Waals surface area contributed by atoms with Gasteiger partial charge in [-0.1, -0.05) is 0 Å². The van der Waals surface area contributed by atoms with Crippen LogP contribution in [0.1, 0.15) is 6.42 Å². The van der Waals surface area contributed by atoms with Crippen LogP contribution in [-0.2, 0) is 0 Å². The van der Waals surface area contributed by atoms with Crippen molar-refractivity contribution in [1.29, 1.82) is 0 Å². The van der Waals surface area contributed by atoms with Gasteiger partial charge >= 0.3 is 0 Å². The second kappa shape index (κ2) is 5.25. The Morgan fingerprint density at radius 2 is 2.33 bits per heavy atom. The van der Waals surface area contributed by atoms with Crippen molar-refractivity contribution in [3.8, 4) is 0 Å². The molecule has 1 nitrogen and oxygen atoms in total. The summed E-state index contributed by atoms with van der Waals surface area (Å²) in [6, 6.07) is 0. The minimum Gasteiger partial charge on any atom is -0.315 e. The Kier molecular flexibility index (Phi) is 5.47. The van der Waals surface area contributed by atoms with Gasteiger partial charge in [0.25, 0.3) is 0 Å². The summed E-state index contributed by atoms with van der Waals surface area (Å²) in [5, 5.41) is 2.73. The molecule has 0 aromatic heterocycles. The minimum absolute atomic E-state index is 0.725. The highest BCUT2D eigenvalue weighted by atomic mass is 35.5. The van der Waals surface area contributed by atoms with Gasteiger partial charge in [-0.3, -0.25) is 0 Å². The number of halogens is 1. The van der Waals surface area contributed by atoms with Crippen molar-refractivity contribution in [2.45, 2.75) is 6.42 Å². The first-order valence-corrected chi connectivity index (χ1v) is 2.51. The molecule has 0 saturated carbocycles. The molecule has 1 radical (unpaired) electrons. The Morgan fingerprint density at radius 3 is 2.50 bits per heavy atom. The highest BCUT2D eigenvalue weighted by molar-refractivity contribution is 6.17. The van der Waals surface area contributed by atoms with Crippen LogP contribution in [0.25, 0.3) is 0 Å². The van der Waals surface area contributed by atoms with Crippen LogP contribution in [0.5, 0.6) is 0 Å². The highest BCUT2D eigenvalue weighted by Gasteiger charge is 1.75. The van der Waals surface area contributed by atoms with Gasteiger partial charge in [-0.05, 0) is 13.0 Å².